The number of rotatable bonds is 8. The van der Waals surface area contributed by atoms with E-state index in [0.29, 0.717) is 18.2 Å². The van der Waals surface area contributed by atoms with Gasteiger partial charge < -0.3 is 14.6 Å². The SMILES string of the molecule is COc1cc(F)c(-c2ccc(C(=O)O)cc2F)cc1-c1ccc(C(F)F)cc1CN1C(=O)O[C@H](c2cc(C(F)(F)F)cc(C(F)(F)F)c2)[C@@H]1C. The highest BCUT2D eigenvalue weighted by atomic mass is 19.4. The zero-order valence-corrected chi connectivity index (χ0v) is 25.6. The molecule has 1 heterocycles. The molecule has 0 unspecified atom stereocenters. The van der Waals surface area contributed by atoms with Crippen LogP contribution in [-0.2, 0) is 23.6 Å². The summed E-state index contributed by atoms with van der Waals surface area (Å²) in [5.41, 5.74) is -5.57. The van der Waals surface area contributed by atoms with Crippen LogP contribution >= 0.6 is 0 Å². The van der Waals surface area contributed by atoms with E-state index in [9.17, 15) is 44.7 Å². The van der Waals surface area contributed by atoms with E-state index in [1.54, 1.807) is 0 Å². The third-order valence-corrected chi connectivity index (χ3v) is 8.14. The largest absolute Gasteiger partial charge is 0.496 e. The number of benzene rings is 4. The molecule has 50 heavy (non-hydrogen) atoms. The van der Waals surface area contributed by atoms with Gasteiger partial charge in [0, 0.05) is 28.3 Å². The number of aromatic carboxylic acids is 1. The van der Waals surface area contributed by atoms with Crippen molar-refractivity contribution in [3.8, 4) is 28.0 Å². The van der Waals surface area contributed by atoms with Gasteiger partial charge in [0.2, 0.25) is 0 Å². The van der Waals surface area contributed by atoms with Gasteiger partial charge in [-0.2, -0.15) is 26.3 Å². The van der Waals surface area contributed by atoms with Crippen molar-refractivity contribution in [2.75, 3.05) is 7.11 Å². The average molecular weight is 716 g/mol. The van der Waals surface area contributed by atoms with Gasteiger partial charge in [-0.1, -0.05) is 18.2 Å². The number of hydrogen-bond donors (Lipinski definition) is 1. The molecule has 0 aromatic heterocycles. The summed E-state index contributed by atoms with van der Waals surface area (Å²) in [6.07, 6.45) is -16.2. The van der Waals surface area contributed by atoms with Crippen LogP contribution in [0.25, 0.3) is 22.3 Å². The molecule has 0 bridgehead atoms. The van der Waals surface area contributed by atoms with E-state index in [1.807, 2.05) is 0 Å². The Morgan fingerprint density at radius 2 is 1.44 bits per heavy atom. The predicted octanol–water partition coefficient (Wildman–Crippen LogP) is 10.1. The molecule has 0 spiro atoms. The summed E-state index contributed by atoms with van der Waals surface area (Å²) in [5.74, 6) is -3.72. The lowest BCUT2D eigenvalue weighted by Gasteiger charge is -2.24. The number of amides is 1. The maximum atomic E-state index is 15.3. The number of carbonyl (C=O) groups is 2. The third kappa shape index (κ3) is 7.05. The number of carbonyl (C=O) groups excluding carboxylic acids is 1. The summed E-state index contributed by atoms with van der Waals surface area (Å²) in [7, 11) is 1.15. The number of methoxy groups -OCH3 is 1. The maximum absolute atomic E-state index is 15.3. The fraction of sp³-hybridized carbons (Fsp3) is 0.235. The number of cyclic esters (lactones) is 1. The van der Waals surface area contributed by atoms with E-state index >= 15 is 8.78 Å². The van der Waals surface area contributed by atoms with Crippen LogP contribution in [0.5, 0.6) is 5.75 Å². The molecule has 6 nitrogen and oxygen atoms in total. The molecule has 16 heteroatoms. The standard InChI is InChI=1S/C34H23F10NO5/c1-15-29(18-8-20(33(39,40)41)11-21(9-18)34(42,43)44)50-32(48)45(15)14-19-7-16(30(37)38)3-5-22(19)25-12-24(27(36)13-28(25)49-2)23-6-4-17(31(46)47)10-26(23)35/h3-13,15,29-30H,14H2,1-2H3,(H,46,47)/t15-,29-/m0/s1. The second kappa shape index (κ2) is 13.2. The highest BCUT2D eigenvalue weighted by molar-refractivity contribution is 5.89. The van der Waals surface area contributed by atoms with Gasteiger partial charge in [0.05, 0.1) is 36.4 Å². The minimum atomic E-state index is -5.18. The number of hydrogen-bond acceptors (Lipinski definition) is 4. The van der Waals surface area contributed by atoms with Crippen LogP contribution in [0.2, 0.25) is 0 Å². The monoisotopic (exact) mass is 715 g/mol. The quantitative estimate of drug-likeness (QED) is 0.184. The lowest BCUT2D eigenvalue weighted by atomic mass is 9.92. The number of nitrogens with zero attached hydrogens (tertiary/aromatic N) is 1. The Kier molecular flexibility index (Phi) is 9.51. The smallest absolute Gasteiger partial charge is 0.416 e. The van der Waals surface area contributed by atoms with E-state index in [4.69, 9.17) is 14.6 Å². The van der Waals surface area contributed by atoms with Crippen LogP contribution in [0.15, 0.2) is 66.7 Å². The molecule has 4 aromatic carbocycles. The van der Waals surface area contributed by atoms with Crippen LogP contribution < -0.4 is 4.74 Å². The van der Waals surface area contributed by atoms with Gasteiger partial charge in [0.1, 0.15) is 23.5 Å². The molecule has 0 aliphatic carbocycles. The number of ether oxygens (including phenoxy) is 2. The first-order valence-electron chi connectivity index (χ1n) is 14.4. The molecule has 4 aromatic rings. The van der Waals surface area contributed by atoms with Gasteiger partial charge in [-0.3, -0.25) is 4.90 Å². The highest BCUT2D eigenvalue weighted by Gasteiger charge is 2.43. The van der Waals surface area contributed by atoms with Crippen molar-refractivity contribution in [3.63, 3.8) is 0 Å². The first kappa shape index (κ1) is 36.0. The van der Waals surface area contributed by atoms with E-state index < -0.39 is 89.0 Å². The second-order valence-electron chi connectivity index (χ2n) is 11.3. The Bertz CT molecular complexity index is 1940. The molecule has 1 aliphatic heterocycles. The van der Waals surface area contributed by atoms with E-state index in [1.165, 1.54) is 13.0 Å². The van der Waals surface area contributed by atoms with Crippen molar-refractivity contribution in [3.05, 3.63) is 112 Å². The summed E-state index contributed by atoms with van der Waals surface area (Å²) >= 11 is 0. The van der Waals surface area contributed by atoms with Gasteiger partial charge in [-0.25, -0.2) is 27.2 Å². The molecule has 1 amide bonds. The van der Waals surface area contributed by atoms with Gasteiger partial charge >= 0.3 is 24.4 Å². The molecule has 2 atom stereocenters. The van der Waals surface area contributed by atoms with Crippen molar-refractivity contribution in [1.29, 1.82) is 0 Å². The minimum Gasteiger partial charge on any atom is -0.496 e. The Morgan fingerprint density at radius 3 is 1.98 bits per heavy atom. The summed E-state index contributed by atoms with van der Waals surface area (Å²) in [6, 6.07) is 7.43. The van der Waals surface area contributed by atoms with Crippen LogP contribution in [0.1, 0.15) is 57.6 Å². The molecular formula is C34H23F10NO5. The van der Waals surface area contributed by atoms with Crippen molar-refractivity contribution >= 4 is 12.1 Å². The Hall–Kier alpha value is -5.28. The van der Waals surface area contributed by atoms with Gasteiger partial charge in [0.25, 0.3) is 6.43 Å². The van der Waals surface area contributed by atoms with Crippen LogP contribution in [0, 0.1) is 11.6 Å². The first-order chi connectivity index (χ1) is 23.3. The highest BCUT2D eigenvalue weighted by Crippen LogP contribution is 2.43. The topological polar surface area (TPSA) is 76.1 Å². The lowest BCUT2D eigenvalue weighted by Crippen LogP contribution is -2.31. The summed E-state index contributed by atoms with van der Waals surface area (Å²) in [5, 5.41) is 9.16. The van der Waals surface area contributed by atoms with Gasteiger partial charge in [-0.15, -0.1) is 0 Å². The summed E-state index contributed by atoms with van der Waals surface area (Å²) in [4.78, 5) is 25.3. The normalized spacial score (nSPS) is 16.6. The molecule has 5 rings (SSSR count). The fourth-order valence-corrected chi connectivity index (χ4v) is 5.64. The molecule has 1 aliphatic rings. The van der Waals surface area contributed by atoms with E-state index in [2.05, 4.69) is 0 Å². The summed E-state index contributed by atoms with van der Waals surface area (Å²) in [6.45, 7) is 0.703. The molecule has 264 valence electrons. The number of carboxylic acids is 1. The van der Waals surface area contributed by atoms with Crippen molar-refractivity contribution in [2.45, 2.75) is 44.4 Å². The summed E-state index contributed by atoms with van der Waals surface area (Å²) < 4.78 is 150. The van der Waals surface area contributed by atoms with Crippen LogP contribution in [-0.4, -0.2) is 35.2 Å². The zero-order valence-electron chi connectivity index (χ0n) is 25.6. The van der Waals surface area contributed by atoms with Crippen molar-refractivity contribution in [2.24, 2.45) is 0 Å². The number of carboxylic acid groups (broad SMARTS) is 1. The van der Waals surface area contributed by atoms with Crippen LogP contribution in [0.3, 0.4) is 0 Å². The van der Waals surface area contributed by atoms with E-state index in [0.717, 1.165) is 48.4 Å². The second-order valence-corrected chi connectivity index (χ2v) is 11.3. The minimum absolute atomic E-state index is 0.00546. The Labute approximate surface area is 276 Å². The average Bonchev–Trinajstić information content (AvgIpc) is 3.32. The fourth-order valence-electron chi connectivity index (χ4n) is 5.64. The van der Waals surface area contributed by atoms with Crippen molar-refractivity contribution in [1.82, 2.24) is 4.90 Å². The molecule has 1 saturated heterocycles. The predicted molar refractivity (Wildman–Crippen MR) is 156 cm³/mol. The van der Waals surface area contributed by atoms with Crippen LogP contribution in [0.4, 0.5) is 48.7 Å². The third-order valence-electron chi connectivity index (χ3n) is 8.14. The molecule has 1 N–H and O–H groups in total. The Morgan fingerprint density at radius 1 is 0.840 bits per heavy atom. The maximum Gasteiger partial charge on any atom is 0.416 e. The van der Waals surface area contributed by atoms with E-state index in [-0.39, 0.29) is 39.6 Å². The molecule has 0 saturated carbocycles. The first-order valence-corrected chi connectivity index (χ1v) is 14.4. The molecule has 1 fully saturated rings. The molecule has 0 radical (unpaired) electrons. The van der Waals surface area contributed by atoms with Gasteiger partial charge in [0.15, 0.2) is 0 Å². The molecular weight excluding hydrogens is 692 g/mol. The number of halogens is 10. The zero-order chi connectivity index (χ0) is 36.9. The van der Waals surface area contributed by atoms with Crippen molar-refractivity contribution < 1.29 is 68.1 Å². The van der Waals surface area contributed by atoms with Gasteiger partial charge in [-0.05, 0) is 66.1 Å². The Balaban J connectivity index is 1.60. The number of alkyl halides is 8. The lowest BCUT2D eigenvalue weighted by molar-refractivity contribution is -0.143.